The molecule has 0 aromatic carbocycles. The van der Waals surface area contributed by atoms with Crippen molar-refractivity contribution in [3.8, 4) is 0 Å². The van der Waals surface area contributed by atoms with Gasteiger partial charge >= 0.3 is 0 Å². The maximum absolute atomic E-state index is 8.33. The van der Waals surface area contributed by atoms with Crippen LogP contribution >= 0.6 is 0 Å². The Morgan fingerprint density at radius 1 is 0.786 bits per heavy atom. The molecule has 0 atom stereocenters. The topological polar surface area (TPSA) is 81.7 Å². The summed E-state index contributed by atoms with van der Waals surface area (Å²) in [5, 5.41) is 16.7. The highest BCUT2D eigenvalue weighted by atomic mass is 16.6. The Morgan fingerprint density at radius 2 is 1.00 bits per heavy atom. The predicted molar refractivity (Wildman–Crippen MR) is 45.5 cm³/mol. The van der Waals surface area contributed by atoms with Crippen LogP contribution in [0.1, 0.15) is 25.7 Å². The minimum Gasteiger partial charge on any atom is -0.652 e. The third kappa shape index (κ3) is 13.8. The zero-order chi connectivity index (χ0) is 10.6. The van der Waals surface area contributed by atoms with Crippen molar-refractivity contribution >= 4 is 6.16 Å². The third-order valence-electron chi connectivity index (χ3n) is 1.65. The molecule has 2 aliphatic heterocycles. The van der Waals surface area contributed by atoms with E-state index in [1.54, 1.807) is 0 Å². The van der Waals surface area contributed by atoms with Gasteiger partial charge in [0, 0.05) is 26.4 Å². The first-order valence-corrected chi connectivity index (χ1v) is 4.77. The van der Waals surface area contributed by atoms with Crippen molar-refractivity contribution < 1.29 is 24.5 Å². The van der Waals surface area contributed by atoms with Crippen molar-refractivity contribution in [3.63, 3.8) is 0 Å². The monoisotopic (exact) mass is 204 g/mol. The van der Waals surface area contributed by atoms with Gasteiger partial charge in [-0.3, -0.25) is 0 Å². The van der Waals surface area contributed by atoms with Crippen LogP contribution in [0.5, 0.6) is 0 Å². The Hall–Kier alpha value is -0.810. The van der Waals surface area contributed by atoms with Crippen LogP contribution in [0.15, 0.2) is 0 Å². The predicted octanol–water partition coefficient (Wildman–Crippen LogP) is -0.853. The summed E-state index contributed by atoms with van der Waals surface area (Å²) in [4.78, 5) is 8.33. The molecule has 2 fully saturated rings. The molecule has 0 unspecified atom stereocenters. The van der Waals surface area contributed by atoms with E-state index < -0.39 is 6.16 Å². The summed E-state index contributed by atoms with van der Waals surface area (Å²) >= 11 is 0. The van der Waals surface area contributed by atoms with Crippen LogP contribution < -0.4 is 10.2 Å². The summed E-state index contributed by atoms with van der Waals surface area (Å²) in [6.07, 6.45) is 2.78. The first-order valence-electron chi connectivity index (χ1n) is 4.77. The SMILES string of the molecule is C1CCOC1.C1CCOC1.O=C([O-])[O-]. The average Bonchev–Trinajstić information content (AvgIpc) is 2.83. The summed E-state index contributed by atoms with van der Waals surface area (Å²) in [6.45, 7) is 4.00. The number of rotatable bonds is 0. The van der Waals surface area contributed by atoms with Crippen molar-refractivity contribution in [1.29, 1.82) is 0 Å². The maximum atomic E-state index is 8.33. The number of ether oxygens (including phenoxy) is 2. The molecule has 5 heteroatoms. The summed E-state index contributed by atoms with van der Waals surface area (Å²) in [7, 11) is 0. The minimum atomic E-state index is -2.33. The maximum Gasteiger partial charge on any atom is 0.0466 e. The Balaban J connectivity index is 0.000000183. The summed E-state index contributed by atoms with van der Waals surface area (Å²) in [5.74, 6) is 0. The van der Waals surface area contributed by atoms with Crippen LogP contribution in [0.3, 0.4) is 0 Å². The van der Waals surface area contributed by atoms with E-state index in [4.69, 9.17) is 24.5 Å². The van der Waals surface area contributed by atoms with Crippen molar-refractivity contribution in [3.05, 3.63) is 0 Å². The number of carbonyl (C=O) groups is 1. The molecule has 2 saturated heterocycles. The molecule has 5 nitrogen and oxygen atoms in total. The molecule has 84 valence electrons. The molecule has 0 radical (unpaired) electrons. The van der Waals surface area contributed by atoms with Crippen LogP contribution in [0.25, 0.3) is 0 Å². The molecule has 0 aromatic rings. The molecule has 0 saturated carbocycles. The number of hydrogen-bond acceptors (Lipinski definition) is 5. The first kappa shape index (κ1) is 13.2. The van der Waals surface area contributed by atoms with E-state index in [1.807, 2.05) is 0 Å². The van der Waals surface area contributed by atoms with E-state index in [9.17, 15) is 0 Å². The van der Waals surface area contributed by atoms with Gasteiger partial charge in [-0.05, 0) is 31.8 Å². The van der Waals surface area contributed by atoms with E-state index in [-0.39, 0.29) is 0 Å². The summed E-state index contributed by atoms with van der Waals surface area (Å²) in [5.41, 5.74) is 0. The van der Waals surface area contributed by atoms with Gasteiger partial charge in [0.2, 0.25) is 0 Å². The van der Waals surface area contributed by atoms with Gasteiger partial charge in [-0.1, -0.05) is 0 Å². The van der Waals surface area contributed by atoms with Crippen molar-refractivity contribution in [2.24, 2.45) is 0 Å². The van der Waals surface area contributed by atoms with Crippen molar-refractivity contribution in [2.75, 3.05) is 26.4 Å². The Morgan fingerprint density at radius 3 is 1.07 bits per heavy atom. The second kappa shape index (κ2) is 10.3. The summed E-state index contributed by atoms with van der Waals surface area (Å²) < 4.78 is 9.89. The number of hydrogen-bond donors (Lipinski definition) is 0. The highest BCUT2D eigenvalue weighted by molar-refractivity contribution is 5.47. The Bertz CT molecular complexity index is 99.9. The molecule has 0 amide bonds. The van der Waals surface area contributed by atoms with E-state index in [1.165, 1.54) is 25.7 Å². The van der Waals surface area contributed by atoms with E-state index in [0.29, 0.717) is 0 Å². The Kier molecular flexibility index (Phi) is 9.68. The zero-order valence-corrected chi connectivity index (χ0v) is 8.20. The third-order valence-corrected chi connectivity index (χ3v) is 1.65. The smallest absolute Gasteiger partial charge is 0.0466 e. The van der Waals surface area contributed by atoms with Gasteiger partial charge in [0.05, 0.1) is 0 Å². The van der Waals surface area contributed by atoms with Gasteiger partial charge < -0.3 is 24.5 Å². The fourth-order valence-electron chi connectivity index (χ4n) is 1.02. The van der Waals surface area contributed by atoms with Crippen molar-refractivity contribution in [1.82, 2.24) is 0 Å². The summed E-state index contributed by atoms with van der Waals surface area (Å²) in [6, 6.07) is 0. The van der Waals surface area contributed by atoms with Crippen LogP contribution in [0, 0.1) is 0 Å². The van der Waals surface area contributed by atoms with E-state index in [0.717, 1.165) is 26.4 Å². The fraction of sp³-hybridized carbons (Fsp3) is 0.889. The fourth-order valence-corrected chi connectivity index (χ4v) is 1.02. The van der Waals surface area contributed by atoms with Crippen LogP contribution in [0.2, 0.25) is 0 Å². The van der Waals surface area contributed by atoms with Crippen molar-refractivity contribution in [2.45, 2.75) is 25.7 Å². The highest BCUT2D eigenvalue weighted by Crippen LogP contribution is 1.98. The van der Waals surface area contributed by atoms with Crippen LogP contribution in [-0.2, 0) is 9.47 Å². The second-order valence-corrected chi connectivity index (χ2v) is 2.89. The van der Waals surface area contributed by atoms with E-state index in [2.05, 4.69) is 0 Å². The van der Waals surface area contributed by atoms with E-state index >= 15 is 0 Å². The molecule has 2 heterocycles. The van der Waals surface area contributed by atoms with Crippen LogP contribution in [-0.4, -0.2) is 32.6 Å². The number of carbonyl (C=O) groups excluding carboxylic acids is 1. The Labute approximate surface area is 83.6 Å². The minimum absolute atomic E-state index is 1.00. The lowest BCUT2D eigenvalue weighted by Crippen LogP contribution is -2.37. The molecule has 0 aromatic heterocycles. The lowest BCUT2D eigenvalue weighted by Gasteiger charge is -1.96. The standard InChI is InChI=1S/2C4H8O.CH2O3/c2*1-2-4-5-3-1;2-1(3)4/h2*1-4H2;(H2,2,3,4)/p-2. The molecule has 0 N–H and O–H groups in total. The van der Waals surface area contributed by atoms with Gasteiger partial charge in [0.1, 0.15) is 0 Å². The highest BCUT2D eigenvalue weighted by Gasteiger charge is 1.95. The molecule has 14 heavy (non-hydrogen) atoms. The van der Waals surface area contributed by atoms with Gasteiger partial charge in [-0.2, -0.15) is 0 Å². The number of carboxylic acid groups (broad SMARTS) is 2. The molecule has 0 bridgehead atoms. The lowest BCUT2D eigenvalue weighted by atomic mass is 10.4. The molecular formula is C9H16O5-2. The van der Waals surface area contributed by atoms with Crippen LogP contribution in [0.4, 0.5) is 4.79 Å². The molecular weight excluding hydrogens is 188 g/mol. The van der Waals surface area contributed by atoms with Gasteiger partial charge in [0.15, 0.2) is 0 Å². The lowest BCUT2D eigenvalue weighted by molar-refractivity contribution is -0.415. The molecule has 2 rings (SSSR count). The average molecular weight is 204 g/mol. The zero-order valence-electron chi connectivity index (χ0n) is 8.20. The largest absolute Gasteiger partial charge is 0.652 e. The van der Waals surface area contributed by atoms with Gasteiger partial charge in [0.25, 0.3) is 0 Å². The molecule has 2 aliphatic rings. The quantitative estimate of drug-likeness (QED) is 0.513. The second-order valence-electron chi connectivity index (χ2n) is 2.89. The normalized spacial score (nSPS) is 18.9. The first-order chi connectivity index (χ1) is 6.73. The van der Waals surface area contributed by atoms with Gasteiger partial charge in [-0.25, -0.2) is 0 Å². The van der Waals surface area contributed by atoms with Gasteiger partial charge in [-0.15, -0.1) is 0 Å². The molecule has 0 spiro atoms. The molecule has 0 aliphatic carbocycles.